The molecule has 2 rings (SSSR count). The zero-order valence-electron chi connectivity index (χ0n) is 11.4. The highest BCUT2D eigenvalue weighted by Crippen LogP contribution is 2.22. The minimum Gasteiger partial charge on any atom is -0.312 e. The Kier molecular flexibility index (Phi) is 3.94. The largest absolute Gasteiger partial charge is 0.312 e. The van der Waals surface area contributed by atoms with E-state index in [2.05, 4.69) is 5.32 Å². The molecule has 0 spiro atoms. The van der Waals surface area contributed by atoms with Crippen molar-refractivity contribution in [3.8, 4) is 0 Å². The Morgan fingerprint density at radius 3 is 2.42 bits per heavy atom. The van der Waals surface area contributed by atoms with E-state index in [0.717, 1.165) is 0 Å². The lowest BCUT2D eigenvalue weighted by Gasteiger charge is -2.31. The second kappa shape index (κ2) is 5.19. The van der Waals surface area contributed by atoms with Gasteiger partial charge in [-0.3, -0.25) is 0 Å². The molecule has 1 heterocycles. The summed E-state index contributed by atoms with van der Waals surface area (Å²) in [7, 11) is -3.53. The number of hydrogen-bond donors (Lipinski definition) is 1. The van der Waals surface area contributed by atoms with E-state index in [0.29, 0.717) is 30.8 Å². The van der Waals surface area contributed by atoms with Gasteiger partial charge in [-0.05, 0) is 44.0 Å². The molecule has 0 radical (unpaired) electrons. The van der Waals surface area contributed by atoms with E-state index >= 15 is 0 Å². The van der Waals surface area contributed by atoms with Gasteiger partial charge in [0.05, 0.1) is 4.90 Å². The third-order valence-electron chi connectivity index (χ3n) is 3.38. The first kappa shape index (κ1) is 14.4. The smallest absolute Gasteiger partial charge is 0.243 e. The molecular formula is C13H19FN2O2S. The highest BCUT2D eigenvalue weighted by Gasteiger charge is 2.29. The van der Waals surface area contributed by atoms with Crippen molar-refractivity contribution in [2.24, 2.45) is 0 Å². The first-order chi connectivity index (χ1) is 8.82. The van der Waals surface area contributed by atoms with Gasteiger partial charge in [0.15, 0.2) is 0 Å². The lowest BCUT2D eigenvalue weighted by atomic mass is 10.1. The maximum Gasteiger partial charge on any atom is 0.243 e. The molecule has 1 N–H and O–H groups in total. The molecule has 1 aromatic rings. The Bertz CT molecular complexity index is 563. The summed E-state index contributed by atoms with van der Waals surface area (Å²) in [6.45, 7) is 6.64. The van der Waals surface area contributed by atoms with Gasteiger partial charge in [-0.25, -0.2) is 12.8 Å². The van der Waals surface area contributed by atoms with Gasteiger partial charge in [0.2, 0.25) is 10.0 Å². The number of aryl methyl sites for hydroxylation is 2. The third-order valence-corrected chi connectivity index (χ3v) is 5.22. The molecule has 0 saturated carbocycles. The minimum absolute atomic E-state index is 0.131. The summed E-state index contributed by atoms with van der Waals surface area (Å²) in [5.74, 6) is -0.340. The molecule has 19 heavy (non-hydrogen) atoms. The number of rotatable bonds is 2. The predicted molar refractivity (Wildman–Crippen MR) is 72.1 cm³/mol. The first-order valence-electron chi connectivity index (χ1n) is 6.32. The molecule has 1 aliphatic heterocycles. The SMILES string of the molecule is Cc1cc(S(=O)(=O)N2CCNC(C)C2)cc(C)c1F. The van der Waals surface area contributed by atoms with Crippen LogP contribution in [0.15, 0.2) is 17.0 Å². The lowest BCUT2D eigenvalue weighted by Crippen LogP contribution is -2.51. The first-order valence-corrected chi connectivity index (χ1v) is 7.76. The molecule has 0 aliphatic carbocycles. The number of halogens is 1. The molecule has 0 aromatic heterocycles. The molecule has 1 atom stereocenters. The van der Waals surface area contributed by atoms with Crippen LogP contribution in [0.1, 0.15) is 18.1 Å². The van der Waals surface area contributed by atoms with Crippen molar-refractivity contribution in [2.45, 2.75) is 31.7 Å². The average molecular weight is 286 g/mol. The number of nitrogens with one attached hydrogen (secondary N) is 1. The van der Waals surface area contributed by atoms with E-state index < -0.39 is 10.0 Å². The second-order valence-corrected chi connectivity index (χ2v) is 7.03. The molecule has 1 aliphatic rings. The van der Waals surface area contributed by atoms with Crippen LogP contribution in [-0.4, -0.2) is 38.4 Å². The summed E-state index contributed by atoms with van der Waals surface area (Å²) in [5, 5.41) is 3.20. The van der Waals surface area contributed by atoms with Crippen LogP contribution in [0.25, 0.3) is 0 Å². The number of piperazine rings is 1. The average Bonchev–Trinajstić information content (AvgIpc) is 2.35. The van der Waals surface area contributed by atoms with Gasteiger partial charge >= 0.3 is 0 Å². The van der Waals surface area contributed by atoms with E-state index in [1.165, 1.54) is 16.4 Å². The van der Waals surface area contributed by atoms with Crippen LogP contribution < -0.4 is 5.32 Å². The van der Waals surface area contributed by atoms with Gasteiger partial charge in [-0.2, -0.15) is 4.31 Å². The summed E-state index contributed by atoms with van der Waals surface area (Å²) in [5.41, 5.74) is 0.725. The number of benzene rings is 1. The fourth-order valence-corrected chi connectivity index (χ4v) is 4.02. The van der Waals surface area contributed by atoms with Crippen molar-refractivity contribution in [3.05, 3.63) is 29.1 Å². The lowest BCUT2D eigenvalue weighted by molar-refractivity contribution is 0.310. The highest BCUT2D eigenvalue weighted by molar-refractivity contribution is 7.89. The Hall–Kier alpha value is -0.980. The Morgan fingerprint density at radius 2 is 1.89 bits per heavy atom. The quantitative estimate of drug-likeness (QED) is 0.894. The maximum absolute atomic E-state index is 13.6. The Balaban J connectivity index is 2.39. The molecule has 6 heteroatoms. The molecule has 4 nitrogen and oxygen atoms in total. The molecule has 106 valence electrons. The van der Waals surface area contributed by atoms with E-state index in [1.807, 2.05) is 6.92 Å². The maximum atomic E-state index is 13.6. The van der Waals surface area contributed by atoms with Crippen LogP contribution in [0.3, 0.4) is 0 Å². The Labute approximate surface area is 113 Å². The highest BCUT2D eigenvalue weighted by atomic mass is 32.2. The standard InChI is InChI=1S/C13H19FN2O2S/c1-9-6-12(7-10(2)13(9)14)19(17,18)16-5-4-15-11(3)8-16/h6-7,11,15H,4-5,8H2,1-3H3. The van der Waals surface area contributed by atoms with E-state index in [-0.39, 0.29) is 16.8 Å². The van der Waals surface area contributed by atoms with Gasteiger partial charge < -0.3 is 5.32 Å². The van der Waals surface area contributed by atoms with Gasteiger partial charge in [0, 0.05) is 25.7 Å². The van der Waals surface area contributed by atoms with Crippen molar-refractivity contribution in [3.63, 3.8) is 0 Å². The predicted octanol–water partition coefficient (Wildman–Crippen LogP) is 1.42. The van der Waals surface area contributed by atoms with Crippen LogP contribution in [-0.2, 0) is 10.0 Å². The molecule has 1 saturated heterocycles. The second-order valence-electron chi connectivity index (χ2n) is 5.09. The fourth-order valence-electron chi connectivity index (χ4n) is 2.32. The van der Waals surface area contributed by atoms with Crippen molar-refractivity contribution < 1.29 is 12.8 Å². The topological polar surface area (TPSA) is 49.4 Å². The van der Waals surface area contributed by atoms with Crippen LogP contribution in [0.5, 0.6) is 0 Å². The monoisotopic (exact) mass is 286 g/mol. The number of nitrogens with zero attached hydrogens (tertiary/aromatic N) is 1. The Morgan fingerprint density at radius 1 is 1.32 bits per heavy atom. The van der Waals surface area contributed by atoms with Crippen molar-refractivity contribution >= 4 is 10.0 Å². The van der Waals surface area contributed by atoms with Gasteiger partial charge in [0.25, 0.3) is 0 Å². The molecule has 0 amide bonds. The van der Waals surface area contributed by atoms with E-state index in [4.69, 9.17) is 0 Å². The summed E-state index contributed by atoms with van der Waals surface area (Å²) in [4.78, 5) is 0.179. The van der Waals surface area contributed by atoms with Crippen LogP contribution in [0, 0.1) is 19.7 Å². The minimum atomic E-state index is -3.53. The van der Waals surface area contributed by atoms with Gasteiger partial charge in [-0.1, -0.05) is 0 Å². The van der Waals surface area contributed by atoms with Crippen LogP contribution in [0.2, 0.25) is 0 Å². The summed E-state index contributed by atoms with van der Waals surface area (Å²) in [6.07, 6.45) is 0. The molecule has 1 fully saturated rings. The normalized spacial score (nSPS) is 21.6. The number of hydrogen-bond acceptors (Lipinski definition) is 3. The summed E-state index contributed by atoms with van der Waals surface area (Å²) >= 11 is 0. The van der Waals surface area contributed by atoms with Crippen LogP contribution in [0.4, 0.5) is 4.39 Å². The van der Waals surface area contributed by atoms with Crippen molar-refractivity contribution in [2.75, 3.05) is 19.6 Å². The van der Waals surface area contributed by atoms with E-state index in [9.17, 15) is 12.8 Å². The molecule has 1 aromatic carbocycles. The molecule has 1 unspecified atom stereocenters. The van der Waals surface area contributed by atoms with Gasteiger partial charge in [-0.15, -0.1) is 0 Å². The van der Waals surface area contributed by atoms with Crippen molar-refractivity contribution in [1.82, 2.24) is 9.62 Å². The zero-order valence-corrected chi connectivity index (χ0v) is 12.2. The molecular weight excluding hydrogens is 267 g/mol. The number of sulfonamides is 1. The fraction of sp³-hybridized carbons (Fsp3) is 0.538. The van der Waals surface area contributed by atoms with Gasteiger partial charge in [0.1, 0.15) is 5.82 Å². The van der Waals surface area contributed by atoms with Crippen molar-refractivity contribution in [1.29, 1.82) is 0 Å². The summed E-state index contributed by atoms with van der Waals surface area (Å²) in [6, 6.07) is 2.94. The third kappa shape index (κ3) is 2.80. The summed E-state index contributed by atoms with van der Waals surface area (Å²) < 4.78 is 40.1. The van der Waals surface area contributed by atoms with E-state index in [1.54, 1.807) is 13.8 Å². The van der Waals surface area contributed by atoms with Crippen LogP contribution >= 0.6 is 0 Å². The molecule has 0 bridgehead atoms. The zero-order chi connectivity index (χ0) is 14.2.